The van der Waals surface area contributed by atoms with Crippen LogP contribution in [-0.2, 0) is 13.1 Å². The van der Waals surface area contributed by atoms with Crippen LogP contribution in [0.25, 0.3) is 11.1 Å². The molecule has 1 aromatic carbocycles. The van der Waals surface area contributed by atoms with E-state index in [4.69, 9.17) is 0 Å². The monoisotopic (exact) mass is 275 g/mol. The second kappa shape index (κ2) is 6.18. The van der Waals surface area contributed by atoms with Crippen molar-refractivity contribution in [1.29, 1.82) is 0 Å². The summed E-state index contributed by atoms with van der Waals surface area (Å²) in [4.78, 5) is 0. The van der Waals surface area contributed by atoms with Crippen molar-refractivity contribution in [3.8, 4) is 11.1 Å². The number of halogens is 1. The fourth-order valence-electron chi connectivity index (χ4n) is 2.59. The quantitative estimate of drug-likeness (QED) is 0.906. The van der Waals surface area contributed by atoms with Crippen molar-refractivity contribution >= 4 is 0 Å². The maximum atomic E-state index is 14.2. The standard InChI is InChI=1S/C16H22FN3/c1-5-8-20-12(3)16(11(2)19-20)14-9-13(10-18-4)6-7-15(14)17/h6-7,9,18H,5,8,10H2,1-4H3. The van der Waals surface area contributed by atoms with Crippen LogP contribution in [0, 0.1) is 19.7 Å². The minimum atomic E-state index is -0.188. The van der Waals surface area contributed by atoms with Crippen LogP contribution < -0.4 is 5.32 Å². The van der Waals surface area contributed by atoms with E-state index in [-0.39, 0.29) is 5.82 Å². The lowest BCUT2D eigenvalue weighted by Gasteiger charge is -2.08. The number of nitrogens with one attached hydrogen (secondary N) is 1. The first-order valence-electron chi connectivity index (χ1n) is 7.05. The third kappa shape index (κ3) is 2.75. The molecule has 20 heavy (non-hydrogen) atoms. The summed E-state index contributed by atoms with van der Waals surface area (Å²) in [6, 6.07) is 5.27. The molecule has 2 rings (SSSR count). The van der Waals surface area contributed by atoms with Crippen LogP contribution >= 0.6 is 0 Å². The van der Waals surface area contributed by atoms with Gasteiger partial charge in [-0.2, -0.15) is 5.10 Å². The number of nitrogens with zero attached hydrogens (tertiary/aromatic N) is 2. The Kier molecular flexibility index (Phi) is 4.55. The van der Waals surface area contributed by atoms with Gasteiger partial charge in [-0.15, -0.1) is 0 Å². The minimum absolute atomic E-state index is 0.188. The molecule has 0 aliphatic rings. The van der Waals surface area contributed by atoms with Crippen molar-refractivity contribution in [1.82, 2.24) is 15.1 Å². The molecule has 0 fully saturated rings. The molecule has 0 atom stereocenters. The molecule has 0 amide bonds. The summed E-state index contributed by atoms with van der Waals surface area (Å²) in [6.07, 6.45) is 1.02. The van der Waals surface area contributed by atoms with Crippen LogP contribution in [0.4, 0.5) is 4.39 Å². The summed E-state index contributed by atoms with van der Waals surface area (Å²) in [5.41, 5.74) is 4.57. The van der Waals surface area contributed by atoms with Crippen molar-refractivity contribution in [2.75, 3.05) is 7.05 Å². The van der Waals surface area contributed by atoms with Crippen LogP contribution in [-0.4, -0.2) is 16.8 Å². The zero-order valence-corrected chi connectivity index (χ0v) is 12.6. The first-order valence-corrected chi connectivity index (χ1v) is 7.05. The number of hydrogen-bond acceptors (Lipinski definition) is 2. The number of aryl methyl sites for hydroxylation is 2. The van der Waals surface area contributed by atoms with Crippen molar-refractivity contribution < 1.29 is 4.39 Å². The summed E-state index contributed by atoms with van der Waals surface area (Å²) in [6.45, 7) is 7.66. The third-order valence-corrected chi connectivity index (χ3v) is 3.50. The predicted octanol–water partition coefficient (Wildman–Crippen LogP) is 3.44. The van der Waals surface area contributed by atoms with Crippen LogP contribution in [0.5, 0.6) is 0 Å². The highest BCUT2D eigenvalue weighted by molar-refractivity contribution is 5.69. The highest BCUT2D eigenvalue weighted by Gasteiger charge is 2.16. The molecule has 0 radical (unpaired) electrons. The van der Waals surface area contributed by atoms with Gasteiger partial charge in [0.05, 0.1) is 5.69 Å². The van der Waals surface area contributed by atoms with E-state index in [0.717, 1.165) is 42.0 Å². The second-order valence-corrected chi connectivity index (χ2v) is 5.11. The minimum Gasteiger partial charge on any atom is -0.316 e. The zero-order chi connectivity index (χ0) is 14.7. The Hall–Kier alpha value is -1.68. The number of aromatic nitrogens is 2. The van der Waals surface area contributed by atoms with Gasteiger partial charge in [-0.1, -0.05) is 13.0 Å². The molecule has 1 N–H and O–H groups in total. The van der Waals surface area contributed by atoms with Gasteiger partial charge in [-0.05, 0) is 45.0 Å². The molecule has 0 unspecified atom stereocenters. The smallest absolute Gasteiger partial charge is 0.131 e. The average molecular weight is 275 g/mol. The van der Waals surface area contributed by atoms with E-state index >= 15 is 0 Å². The fraction of sp³-hybridized carbons (Fsp3) is 0.438. The number of benzene rings is 1. The van der Waals surface area contributed by atoms with E-state index in [1.54, 1.807) is 0 Å². The van der Waals surface area contributed by atoms with Gasteiger partial charge in [0.1, 0.15) is 5.82 Å². The van der Waals surface area contributed by atoms with Gasteiger partial charge in [0.2, 0.25) is 0 Å². The van der Waals surface area contributed by atoms with Crippen LogP contribution in [0.1, 0.15) is 30.3 Å². The van der Waals surface area contributed by atoms with Crippen molar-refractivity contribution in [3.63, 3.8) is 0 Å². The number of rotatable bonds is 5. The lowest BCUT2D eigenvalue weighted by molar-refractivity contribution is 0.583. The van der Waals surface area contributed by atoms with E-state index < -0.39 is 0 Å². The van der Waals surface area contributed by atoms with Gasteiger partial charge in [0.15, 0.2) is 0 Å². The normalized spacial score (nSPS) is 11.1. The fourth-order valence-corrected chi connectivity index (χ4v) is 2.59. The lowest BCUT2D eigenvalue weighted by Crippen LogP contribution is -2.05. The highest BCUT2D eigenvalue weighted by Crippen LogP contribution is 2.30. The Balaban J connectivity index is 2.53. The first-order chi connectivity index (χ1) is 9.58. The average Bonchev–Trinajstić information content (AvgIpc) is 2.68. The molecule has 0 aliphatic carbocycles. The van der Waals surface area contributed by atoms with E-state index in [1.165, 1.54) is 6.07 Å². The molecule has 0 saturated heterocycles. The molecular weight excluding hydrogens is 253 g/mol. The van der Waals surface area contributed by atoms with Crippen molar-refractivity contribution in [3.05, 3.63) is 41.0 Å². The molecule has 108 valence electrons. The first kappa shape index (κ1) is 14.7. The number of hydrogen-bond donors (Lipinski definition) is 1. The molecule has 1 heterocycles. The second-order valence-electron chi connectivity index (χ2n) is 5.11. The van der Waals surface area contributed by atoms with E-state index in [0.29, 0.717) is 5.56 Å². The lowest BCUT2D eigenvalue weighted by atomic mass is 10.0. The maximum absolute atomic E-state index is 14.2. The largest absolute Gasteiger partial charge is 0.316 e. The molecule has 0 spiro atoms. The SMILES string of the molecule is CCCn1nc(C)c(-c2cc(CNC)ccc2F)c1C. The van der Waals surface area contributed by atoms with Crippen molar-refractivity contribution in [2.45, 2.75) is 40.3 Å². The van der Waals surface area contributed by atoms with Crippen molar-refractivity contribution in [2.24, 2.45) is 0 Å². The van der Waals surface area contributed by atoms with Gasteiger partial charge < -0.3 is 5.32 Å². The Morgan fingerprint density at radius 1 is 1.30 bits per heavy atom. The Labute approximate surface area is 119 Å². The summed E-state index contributed by atoms with van der Waals surface area (Å²) < 4.78 is 16.2. The molecule has 1 aromatic heterocycles. The van der Waals surface area contributed by atoms with Gasteiger partial charge in [-0.25, -0.2) is 4.39 Å². The highest BCUT2D eigenvalue weighted by atomic mass is 19.1. The molecule has 0 saturated carbocycles. The molecule has 3 nitrogen and oxygen atoms in total. The zero-order valence-electron chi connectivity index (χ0n) is 12.6. The maximum Gasteiger partial charge on any atom is 0.131 e. The summed E-state index contributed by atoms with van der Waals surface area (Å²) in [5.74, 6) is -0.188. The summed E-state index contributed by atoms with van der Waals surface area (Å²) in [5, 5.41) is 7.62. The Morgan fingerprint density at radius 2 is 2.05 bits per heavy atom. The van der Waals surface area contributed by atoms with Gasteiger partial charge in [0.25, 0.3) is 0 Å². The molecule has 4 heteroatoms. The van der Waals surface area contributed by atoms with E-state index in [1.807, 2.05) is 37.7 Å². The van der Waals surface area contributed by atoms with Gasteiger partial charge in [0, 0.05) is 29.9 Å². The summed E-state index contributed by atoms with van der Waals surface area (Å²) >= 11 is 0. The predicted molar refractivity (Wildman–Crippen MR) is 80.1 cm³/mol. The van der Waals surface area contributed by atoms with Gasteiger partial charge >= 0.3 is 0 Å². The Morgan fingerprint density at radius 3 is 2.70 bits per heavy atom. The third-order valence-electron chi connectivity index (χ3n) is 3.50. The topological polar surface area (TPSA) is 29.9 Å². The van der Waals surface area contributed by atoms with E-state index in [9.17, 15) is 4.39 Å². The summed E-state index contributed by atoms with van der Waals surface area (Å²) in [7, 11) is 1.89. The van der Waals surface area contributed by atoms with Crippen LogP contribution in [0.3, 0.4) is 0 Å². The molecule has 0 bridgehead atoms. The molecule has 2 aromatic rings. The Bertz CT molecular complexity index is 602. The van der Waals surface area contributed by atoms with E-state index in [2.05, 4.69) is 17.3 Å². The van der Waals surface area contributed by atoms with Crippen LogP contribution in [0.15, 0.2) is 18.2 Å². The van der Waals surface area contributed by atoms with Crippen LogP contribution in [0.2, 0.25) is 0 Å². The van der Waals surface area contributed by atoms with Gasteiger partial charge in [-0.3, -0.25) is 4.68 Å². The molecule has 0 aliphatic heterocycles. The molecular formula is C16H22FN3.